The number of nitrogens with one attached hydrogen (secondary N) is 1. The molecule has 0 saturated carbocycles. The molecule has 0 bridgehead atoms. The molecule has 2 N–H and O–H groups in total. The molecule has 2 unspecified atom stereocenters. The van der Waals surface area contributed by atoms with Crippen LogP contribution in [0.2, 0.25) is 0 Å². The van der Waals surface area contributed by atoms with Crippen LogP contribution >= 0.6 is 11.3 Å². The fourth-order valence-corrected chi connectivity index (χ4v) is 3.22. The van der Waals surface area contributed by atoms with Gasteiger partial charge in [0.2, 0.25) is 5.91 Å². The first-order valence-electron chi connectivity index (χ1n) is 7.32. The SMILES string of the molecule is CCC1OCCC1C(=O)NCc1ccc(C#CCCO)s1. The van der Waals surface area contributed by atoms with Gasteiger partial charge in [-0.25, -0.2) is 0 Å². The van der Waals surface area contributed by atoms with Crippen molar-refractivity contribution >= 4 is 17.2 Å². The molecular weight excluding hydrogens is 286 g/mol. The van der Waals surface area contributed by atoms with Gasteiger partial charge in [-0.3, -0.25) is 4.79 Å². The first kappa shape index (κ1) is 16.0. The lowest BCUT2D eigenvalue weighted by atomic mass is 9.99. The van der Waals surface area contributed by atoms with Crippen LogP contribution in [0.25, 0.3) is 0 Å². The van der Waals surface area contributed by atoms with Crippen LogP contribution < -0.4 is 5.32 Å². The van der Waals surface area contributed by atoms with Gasteiger partial charge in [0.05, 0.1) is 30.1 Å². The summed E-state index contributed by atoms with van der Waals surface area (Å²) in [7, 11) is 0. The van der Waals surface area contributed by atoms with Crippen LogP contribution in [0.3, 0.4) is 0 Å². The fourth-order valence-electron chi connectivity index (χ4n) is 2.40. The summed E-state index contributed by atoms with van der Waals surface area (Å²) in [6, 6.07) is 3.93. The van der Waals surface area contributed by atoms with Gasteiger partial charge in [0, 0.05) is 17.9 Å². The van der Waals surface area contributed by atoms with Gasteiger partial charge in [0.1, 0.15) is 0 Å². The summed E-state index contributed by atoms with van der Waals surface area (Å²) in [6.07, 6.45) is 2.24. The maximum absolute atomic E-state index is 12.2. The zero-order chi connectivity index (χ0) is 15.1. The zero-order valence-corrected chi connectivity index (χ0v) is 13.0. The van der Waals surface area contributed by atoms with Crippen molar-refractivity contribution < 1.29 is 14.6 Å². The van der Waals surface area contributed by atoms with E-state index in [1.807, 2.05) is 19.1 Å². The number of amides is 1. The first-order valence-corrected chi connectivity index (χ1v) is 8.14. The fraction of sp³-hybridized carbons (Fsp3) is 0.562. The van der Waals surface area contributed by atoms with Crippen LogP contribution in [0.4, 0.5) is 0 Å². The summed E-state index contributed by atoms with van der Waals surface area (Å²) in [5.41, 5.74) is 0. The number of rotatable bonds is 5. The van der Waals surface area contributed by atoms with Gasteiger partial charge in [-0.05, 0) is 25.0 Å². The van der Waals surface area contributed by atoms with E-state index in [1.165, 1.54) is 0 Å². The molecule has 2 atom stereocenters. The van der Waals surface area contributed by atoms with E-state index in [4.69, 9.17) is 9.84 Å². The Balaban J connectivity index is 1.83. The number of carbonyl (C=O) groups is 1. The molecule has 1 aliphatic rings. The molecule has 1 aliphatic heterocycles. The lowest BCUT2D eigenvalue weighted by Gasteiger charge is -2.15. The van der Waals surface area contributed by atoms with E-state index in [0.29, 0.717) is 19.6 Å². The van der Waals surface area contributed by atoms with Crippen molar-refractivity contribution in [2.45, 2.75) is 38.8 Å². The Morgan fingerprint density at radius 1 is 1.57 bits per heavy atom. The molecule has 1 amide bonds. The molecule has 0 aliphatic carbocycles. The van der Waals surface area contributed by atoms with E-state index in [0.717, 1.165) is 22.6 Å². The van der Waals surface area contributed by atoms with E-state index >= 15 is 0 Å². The molecule has 21 heavy (non-hydrogen) atoms. The van der Waals surface area contributed by atoms with Crippen molar-refractivity contribution in [3.63, 3.8) is 0 Å². The lowest BCUT2D eigenvalue weighted by Crippen LogP contribution is -2.34. The van der Waals surface area contributed by atoms with E-state index in [2.05, 4.69) is 17.2 Å². The number of aliphatic hydroxyl groups excluding tert-OH is 1. The summed E-state index contributed by atoms with van der Waals surface area (Å²) < 4.78 is 5.55. The average molecular weight is 307 g/mol. The number of hydrogen-bond acceptors (Lipinski definition) is 4. The van der Waals surface area contributed by atoms with E-state index in [1.54, 1.807) is 11.3 Å². The number of aliphatic hydroxyl groups is 1. The Morgan fingerprint density at radius 3 is 3.19 bits per heavy atom. The van der Waals surface area contributed by atoms with Gasteiger partial charge in [0.25, 0.3) is 0 Å². The van der Waals surface area contributed by atoms with Crippen LogP contribution in [0.15, 0.2) is 12.1 Å². The summed E-state index contributed by atoms with van der Waals surface area (Å²) >= 11 is 1.57. The highest BCUT2D eigenvalue weighted by Gasteiger charge is 2.32. The van der Waals surface area contributed by atoms with Gasteiger partial charge >= 0.3 is 0 Å². The minimum Gasteiger partial charge on any atom is -0.395 e. The van der Waals surface area contributed by atoms with Crippen molar-refractivity contribution in [2.75, 3.05) is 13.2 Å². The Kier molecular flexibility index (Phi) is 6.24. The zero-order valence-electron chi connectivity index (χ0n) is 12.2. The monoisotopic (exact) mass is 307 g/mol. The third-order valence-corrected chi connectivity index (χ3v) is 4.50. The van der Waals surface area contributed by atoms with Crippen molar-refractivity contribution in [2.24, 2.45) is 5.92 Å². The Bertz CT molecular complexity index is 529. The van der Waals surface area contributed by atoms with Gasteiger partial charge < -0.3 is 15.2 Å². The molecule has 0 aromatic carbocycles. The maximum atomic E-state index is 12.2. The first-order chi connectivity index (χ1) is 10.2. The molecule has 1 fully saturated rings. The molecule has 1 saturated heterocycles. The Labute approximate surface area is 129 Å². The average Bonchev–Trinajstić information content (AvgIpc) is 3.14. The molecule has 0 spiro atoms. The second kappa shape index (κ2) is 8.18. The molecule has 5 heteroatoms. The predicted molar refractivity (Wildman–Crippen MR) is 82.9 cm³/mol. The quantitative estimate of drug-likeness (QED) is 0.817. The summed E-state index contributed by atoms with van der Waals surface area (Å²) in [5, 5.41) is 11.7. The third kappa shape index (κ3) is 4.57. The summed E-state index contributed by atoms with van der Waals surface area (Å²) in [6.45, 7) is 3.36. The summed E-state index contributed by atoms with van der Waals surface area (Å²) in [5.74, 6) is 5.96. The largest absolute Gasteiger partial charge is 0.395 e. The highest BCUT2D eigenvalue weighted by molar-refractivity contribution is 7.12. The van der Waals surface area contributed by atoms with E-state index < -0.39 is 0 Å². The van der Waals surface area contributed by atoms with Crippen LogP contribution in [0.1, 0.15) is 35.9 Å². The molecule has 114 valence electrons. The third-order valence-electron chi connectivity index (χ3n) is 3.50. The standard InChI is InChI=1S/C16H21NO3S/c1-2-15-14(8-10-20-15)16(19)17-11-13-7-6-12(21-13)5-3-4-9-18/h6-7,14-15,18H,2,4,8-11H2,1H3,(H,17,19). The smallest absolute Gasteiger partial charge is 0.226 e. The summed E-state index contributed by atoms with van der Waals surface area (Å²) in [4.78, 5) is 14.2. The topological polar surface area (TPSA) is 58.6 Å². The number of carbonyl (C=O) groups excluding carboxylic acids is 1. The molecule has 0 radical (unpaired) electrons. The van der Waals surface area contributed by atoms with Gasteiger partial charge in [-0.2, -0.15) is 0 Å². The van der Waals surface area contributed by atoms with Crippen LogP contribution in [-0.4, -0.2) is 30.3 Å². The van der Waals surface area contributed by atoms with Gasteiger partial charge in [0.15, 0.2) is 0 Å². The minimum absolute atomic E-state index is 0.0150. The van der Waals surface area contributed by atoms with Crippen molar-refractivity contribution in [3.8, 4) is 11.8 Å². The normalized spacial score (nSPS) is 20.9. The number of hydrogen-bond donors (Lipinski definition) is 2. The lowest BCUT2D eigenvalue weighted by molar-refractivity contribution is -0.126. The maximum Gasteiger partial charge on any atom is 0.226 e. The van der Waals surface area contributed by atoms with Gasteiger partial charge in [-0.1, -0.05) is 18.8 Å². The highest BCUT2D eigenvalue weighted by atomic mass is 32.1. The predicted octanol–water partition coefficient (Wildman–Crippen LogP) is 1.91. The van der Waals surface area contributed by atoms with Crippen LogP contribution in [0, 0.1) is 17.8 Å². The minimum atomic E-state index is -0.0150. The number of thiophene rings is 1. The molecule has 4 nitrogen and oxygen atoms in total. The Morgan fingerprint density at radius 2 is 2.43 bits per heavy atom. The van der Waals surface area contributed by atoms with Crippen molar-refractivity contribution in [1.82, 2.24) is 5.32 Å². The molecule has 1 aromatic heterocycles. The van der Waals surface area contributed by atoms with E-state index in [-0.39, 0.29) is 24.5 Å². The molecule has 2 rings (SSSR count). The highest BCUT2D eigenvalue weighted by Crippen LogP contribution is 2.24. The molecule has 1 aromatic rings. The van der Waals surface area contributed by atoms with Crippen LogP contribution in [0.5, 0.6) is 0 Å². The molecule has 2 heterocycles. The second-order valence-electron chi connectivity index (χ2n) is 4.97. The Hall–Kier alpha value is -1.35. The molecular formula is C16H21NO3S. The number of ether oxygens (including phenoxy) is 1. The second-order valence-corrected chi connectivity index (χ2v) is 6.14. The van der Waals surface area contributed by atoms with Crippen molar-refractivity contribution in [3.05, 3.63) is 21.9 Å². The van der Waals surface area contributed by atoms with E-state index in [9.17, 15) is 4.79 Å². The van der Waals surface area contributed by atoms with Crippen molar-refractivity contribution in [1.29, 1.82) is 0 Å². The van der Waals surface area contributed by atoms with Crippen LogP contribution in [-0.2, 0) is 16.1 Å². The van der Waals surface area contributed by atoms with Gasteiger partial charge in [-0.15, -0.1) is 11.3 Å².